The minimum atomic E-state index is -4.27. The molecule has 0 atom stereocenters. The summed E-state index contributed by atoms with van der Waals surface area (Å²) < 4.78 is 44.9. The van der Waals surface area contributed by atoms with Gasteiger partial charge in [0.05, 0.1) is 16.7 Å². The number of hydrogen-bond donors (Lipinski definition) is 0. The highest BCUT2D eigenvalue weighted by Gasteiger charge is 2.21. The van der Waals surface area contributed by atoms with E-state index in [1.54, 1.807) is 12.1 Å². The number of oxazole rings is 1. The monoisotopic (exact) mass is 476 g/mol. The third-order valence-corrected chi connectivity index (χ3v) is 6.18. The fraction of sp³-hybridized carbons (Fsp3) is 0.115. The Morgan fingerprint density at radius 2 is 1.65 bits per heavy atom. The molecule has 0 bridgehead atoms. The smallest absolute Gasteiger partial charge is 0.373 e. The molecule has 34 heavy (non-hydrogen) atoms. The van der Waals surface area contributed by atoms with Gasteiger partial charge in [-0.25, -0.2) is 8.42 Å². The van der Waals surface area contributed by atoms with Gasteiger partial charge in [-0.15, -0.1) is 0 Å². The molecule has 2 heterocycles. The molecular weight excluding hydrogens is 452 g/mol. The van der Waals surface area contributed by atoms with Crippen molar-refractivity contribution in [1.82, 2.24) is 0 Å². The van der Waals surface area contributed by atoms with Gasteiger partial charge >= 0.3 is 5.89 Å². The number of ether oxygens (including phenoxy) is 1. The minimum Gasteiger partial charge on any atom is -0.744 e. The van der Waals surface area contributed by atoms with Crippen LogP contribution in [0, 0.1) is 6.92 Å². The second kappa shape index (κ2) is 9.54. The molecule has 0 radical (unpaired) electrons. The number of rotatable bonds is 3. The molecule has 1 aromatic heterocycles. The normalized spacial score (nSPS) is 14.2. The second-order valence-electron chi connectivity index (χ2n) is 7.73. The molecule has 3 aromatic carbocycles. The number of aromatic nitrogens is 1. The van der Waals surface area contributed by atoms with Crippen molar-refractivity contribution in [3.8, 4) is 5.75 Å². The fourth-order valence-electron chi connectivity index (χ4n) is 3.45. The Kier molecular flexibility index (Phi) is 6.54. The Morgan fingerprint density at radius 1 is 0.971 bits per heavy atom. The van der Waals surface area contributed by atoms with Crippen LogP contribution in [-0.2, 0) is 17.2 Å². The van der Waals surface area contributed by atoms with Gasteiger partial charge < -0.3 is 18.6 Å². The van der Waals surface area contributed by atoms with Crippen LogP contribution in [0.3, 0.4) is 0 Å². The van der Waals surface area contributed by atoms with Crippen molar-refractivity contribution in [2.75, 3.05) is 11.9 Å². The molecule has 0 spiro atoms. The number of hydrogen-bond acceptors (Lipinski definition) is 6. The van der Waals surface area contributed by atoms with Gasteiger partial charge in [0.25, 0.3) is 5.52 Å². The van der Waals surface area contributed by atoms with E-state index in [1.165, 1.54) is 12.1 Å². The predicted molar refractivity (Wildman–Crippen MR) is 129 cm³/mol. The Bertz CT molecular complexity index is 1490. The van der Waals surface area contributed by atoms with Crippen molar-refractivity contribution < 1.29 is 26.7 Å². The largest absolute Gasteiger partial charge is 0.744 e. The Morgan fingerprint density at radius 3 is 2.32 bits per heavy atom. The van der Waals surface area contributed by atoms with Crippen LogP contribution in [-0.4, -0.2) is 20.0 Å². The molecule has 174 valence electrons. The van der Waals surface area contributed by atoms with Crippen molar-refractivity contribution in [3.05, 3.63) is 102 Å². The van der Waals surface area contributed by atoms with Crippen molar-refractivity contribution in [2.45, 2.75) is 11.8 Å². The van der Waals surface area contributed by atoms with E-state index < -0.39 is 10.1 Å². The fourth-order valence-corrected chi connectivity index (χ4v) is 3.92. The van der Waals surface area contributed by atoms with Gasteiger partial charge in [0, 0.05) is 13.1 Å². The van der Waals surface area contributed by atoms with E-state index in [1.807, 2.05) is 97.2 Å². The van der Waals surface area contributed by atoms with Crippen LogP contribution in [0.25, 0.3) is 17.2 Å². The summed E-state index contributed by atoms with van der Waals surface area (Å²) in [6.07, 6.45) is 5.82. The maximum atomic E-state index is 10.4. The van der Waals surface area contributed by atoms with Crippen molar-refractivity contribution in [1.29, 1.82) is 0 Å². The van der Waals surface area contributed by atoms with Crippen LogP contribution < -0.4 is 14.2 Å². The van der Waals surface area contributed by atoms with Crippen LogP contribution in [0.2, 0.25) is 0 Å². The molecule has 4 aromatic rings. The van der Waals surface area contributed by atoms with E-state index in [0.717, 1.165) is 39.9 Å². The minimum absolute atomic E-state index is 0.178. The second-order valence-corrected chi connectivity index (χ2v) is 9.11. The highest BCUT2D eigenvalue weighted by Crippen LogP contribution is 2.37. The third kappa shape index (κ3) is 5.03. The molecular formula is C26H24N2O5S. The van der Waals surface area contributed by atoms with Gasteiger partial charge in [-0.2, -0.15) is 4.57 Å². The molecule has 0 N–H and O–H groups in total. The first-order chi connectivity index (χ1) is 16.2. The molecule has 0 saturated heterocycles. The number of para-hydroxylation sites is 4. The highest BCUT2D eigenvalue weighted by molar-refractivity contribution is 7.85. The van der Waals surface area contributed by atoms with Crippen LogP contribution >= 0.6 is 0 Å². The van der Waals surface area contributed by atoms with Crippen LogP contribution in [0.15, 0.2) is 100 Å². The van der Waals surface area contributed by atoms with E-state index in [9.17, 15) is 13.0 Å². The molecule has 0 amide bonds. The lowest BCUT2D eigenvalue weighted by Gasteiger charge is -2.09. The summed E-state index contributed by atoms with van der Waals surface area (Å²) in [6.45, 7) is 1.82. The molecule has 0 unspecified atom stereocenters. The van der Waals surface area contributed by atoms with E-state index in [4.69, 9.17) is 9.15 Å². The maximum Gasteiger partial charge on any atom is 0.373 e. The summed E-state index contributed by atoms with van der Waals surface area (Å²) in [5.41, 5.74) is 3.95. The maximum absolute atomic E-state index is 10.4. The first-order valence-corrected chi connectivity index (χ1v) is 11.9. The van der Waals surface area contributed by atoms with E-state index in [0.29, 0.717) is 0 Å². The zero-order valence-corrected chi connectivity index (χ0v) is 19.8. The summed E-state index contributed by atoms with van der Waals surface area (Å²) in [5.74, 6) is 2.46. The van der Waals surface area contributed by atoms with Crippen molar-refractivity contribution in [3.63, 3.8) is 0 Å². The van der Waals surface area contributed by atoms with Crippen LogP contribution in [0.5, 0.6) is 5.75 Å². The highest BCUT2D eigenvalue weighted by atomic mass is 32.2. The number of benzene rings is 3. The molecule has 5 rings (SSSR count). The molecule has 1 aliphatic rings. The van der Waals surface area contributed by atoms with E-state index >= 15 is 0 Å². The summed E-state index contributed by atoms with van der Waals surface area (Å²) in [5, 5.41) is 0. The standard InChI is InChI=1S/C19H17N2O2.C7H8O3S/c1-20-14-8-3-5-10-16(14)22-18(20)12-7-13-19-21(2)15-9-4-6-11-17(15)23-19;1-6-2-4-7(5-3-6)11(8,9)10/h3-13H,1-2H3;2-5H,1H3,(H,8,9,10)/q+1;/p-1. The zero-order chi connectivity index (χ0) is 24.3. The Labute approximate surface area is 198 Å². The lowest BCUT2D eigenvalue weighted by molar-refractivity contribution is -0.652. The average molecular weight is 477 g/mol. The number of allylic oxidation sites excluding steroid dienone is 2. The zero-order valence-electron chi connectivity index (χ0n) is 19.0. The topological polar surface area (TPSA) is 86.7 Å². The molecule has 0 aliphatic carbocycles. The van der Waals surface area contributed by atoms with Crippen molar-refractivity contribution >= 4 is 33.0 Å². The molecule has 1 aliphatic heterocycles. The Balaban J connectivity index is 0.000000210. The predicted octanol–water partition coefficient (Wildman–Crippen LogP) is 4.54. The number of fused-ring (bicyclic) bond motifs is 2. The SMILES string of the molecule is CN1/C(=C/C=C/c2oc3ccccc3[n+]2C)Oc2ccccc21.Cc1ccc(S(=O)(=O)[O-])cc1. The summed E-state index contributed by atoms with van der Waals surface area (Å²) in [6, 6.07) is 21.8. The molecule has 0 fully saturated rings. The van der Waals surface area contributed by atoms with Gasteiger partial charge in [-0.05, 0) is 49.4 Å². The van der Waals surface area contributed by atoms with Gasteiger partial charge in [-0.3, -0.25) is 0 Å². The third-order valence-electron chi connectivity index (χ3n) is 5.33. The summed E-state index contributed by atoms with van der Waals surface area (Å²) in [4.78, 5) is 1.85. The van der Waals surface area contributed by atoms with Gasteiger partial charge in [0.15, 0.2) is 11.6 Å². The van der Waals surface area contributed by atoms with Gasteiger partial charge in [0.1, 0.15) is 17.2 Å². The molecule has 7 nitrogen and oxygen atoms in total. The number of aryl methyl sites for hydroxylation is 2. The van der Waals surface area contributed by atoms with Gasteiger partial charge in [-0.1, -0.05) is 42.0 Å². The first kappa shape index (κ1) is 23.3. The van der Waals surface area contributed by atoms with E-state index in [2.05, 4.69) is 0 Å². The molecule has 0 saturated carbocycles. The summed E-state index contributed by atoms with van der Waals surface area (Å²) >= 11 is 0. The quantitative estimate of drug-likeness (QED) is 0.319. The average Bonchev–Trinajstić information content (AvgIpc) is 3.31. The van der Waals surface area contributed by atoms with Crippen molar-refractivity contribution in [2.24, 2.45) is 7.05 Å². The van der Waals surface area contributed by atoms with Crippen LogP contribution in [0.4, 0.5) is 5.69 Å². The van der Waals surface area contributed by atoms with Gasteiger partial charge in [0.2, 0.25) is 5.58 Å². The van der Waals surface area contributed by atoms with Crippen LogP contribution in [0.1, 0.15) is 11.5 Å². The lowest BCUT2D eigenvalue weighted by atomic mass is 10.2. The number of anilines is 1. The lowest BCUT2D eigenvalue weighted by Crippen LogP contribution is -2.29. The van der Waals surface area contributed by atoms with E-state index in [-0.39, 0.29) is 4.90 Å². The molecule has 8 heteroatoms. The first-order valence-electron chi connectivity index (χ1n) is 10.5. The Hall–Kier alpha value is -3.88. The number of nitrogens with zero attached hydrogens (tertiary/aromatic N) is 2. The summed E-state index contributed by atoms with van der Waals surface area (Å²) in [7, 11) is -0.284.